The zero-order valence-corrected chi connectivity index (χ0v) is 14.8. The van der Waals surface area contributed by atoms with Crippen LogP contribution >= 0.6 is 0 Å². The molecule has 6 heteroatoms. The van der Waals surface area contributed by atoms with Crippen molar-refractivity contribution in [3.05, 3.63) is 63.5 Å². The number of aryl methyl sites for hydroxylation is 2. The number of aromatic nitrogens is 1. The Morgan fingerprint density at radius 1 is 1.40 bits per heavy atom. The SMILES string of the molecule is Cc1cc(CCC(C)C)oc(=O)c1C(=O)NCC(O)c1cccnc1. The average Bonchev–Trinajstić information content (AvgIpc) is 2.58. The van der Waals surface area contributed by atoms with Crippen molar-refractivity contribution in [2.24, 2.45) is 5.92 Å². The van der Waals surface area contributed by atoms with Gasteiger partial charge in [-0.05, 0) is 37.0 Å². The van der Waals surface area contributed by atoms with Gasteiger partial charge in [-0.3, -0.25) is 9.78 Å². The molecule has 1 amide bonds. The fraction of sp³-hybridized carbons (Fsp3) is 0.421. The van der Waals surface area contributed by atoms with Crippen LogP contribution in [0.25, 0.3) is 0 Å². The first-order valence-electron chi connectivity index (χ1n) is 8.38. The zero-order valence-electron chi connectivity index (χ0n) is 14.8. The number of nitrogens with zero attached hydrogens (tertiary/aromatic N) is 1. The van der Waals surface area contributed by atoms with E-state index in [9.17, 15) is 14.7 Å². The number of aliphatic hydroxyl groups is 1. The maximum Gasteiger partial charge on any atom is 0.349 e. The van der Waals surface area contributed by atoms with Gasteiger partial charge in [-0.15, -0.1) is 0 Å². The third-order valence-corrected chi connectivity index (χ3v) is 3.92. The van der Waals surface area contributed by atoms with Gasteiger partial charge in [0.25, 0.3) is 5.91 Å². The topological polar surface area (TPSA) is 92.4 Å². The van der Waals surface area contributed by atoms with Crippen LogP contribution in [0.1, 0.15) is 53.6 Å². The first-order chi connectivity index (χ1) is 11.9. The van der Waals surface area contributed by atoms with E-state index in [0.717, 1.165) is 6.42 Å². The largest absolute Gasteiger partial charge is 0.427 e. The van der Waals surface area contributed by atoms with Gasteiger partial charge in [0, 0.05) is 30.9 Å². The van der Waals surface area contributed by atoms with Gasteiger partial charge in [-0.25, -0.2) is 4.79 Å². The van der Waals surface area contributed by atoms with E-state index in [4.69, 9.17) is 4.42 Å². The minimum Gasteiger partial charge on any atom is -0.427 e. The second-order valence-electron chi connectivity index (χ2n) is 6.50. The molecule has 0 aromatic carbocycles. The summed E-state index contributed by atoms with van der Waals surface area (Å²) in [4.78, 5) is 28.4. The zero-order chi connectivity index (χ0) is 18.4. The number of carbonyl (C=O) groups excluding carboxylic acids is 1. The Kier molecular flexibility index (Phi) is 6.47. The van der Waals surface area contributed by atoms with E-state index in [-0.39, 0.29) is 12.1 Å². The molecule has 0 saturated carbocycles. The Morgan fingerprint density at radius 2 is 2.16 bits per heavy atom. The number of amides is 1. The number of carbonyl (C=O) groups is 1. The van der Waals surface area contributed by atoms with Gasteiger partial charge in [-0.1, -0.05) is 19.9 Å². The highest BCUT2D eigenvalue weighted by atomic mass is 16.4. The monoisotopic (exact) mass is 344 g/mol. The van der Waals surface area contributed by atoms with Crippen molar-refractivity contribution in [3.8, 4) is 0 Å². The van der Waals surface area contributed by atoms with Crippen LogP contribution in [-0.4, -0.2) is 22.5 Å². The highest BCUT2D eigenvalue weighted by Crippen LogP contribution is 2.13. The summed E-state index contributed by atoms with van der Waals surface area (Å²) in [6.45, 7) is 5.89. The third kappa shape index (κ3) is 5.26. The van der Waals surface area contributed by atoms with Crippen molar-refractivity contribution in [1.29, 1.82) is 0 Å². The fourth-order valence-corrected chi connectivity index (χ4v) is 2.47. The Labute approximate surface area is 146 Å². The smallest absolute Gasteiger partial charge is 0.349 e. The lowest BCUT2D eigenvalue weighted by Gasteiger charge is -2.12. The molecule has 2 aromatic heterocycles. The highest BCUT2D eigenvalue weighted by molar-refractivity contribution is 5.95. The highest BCUT2D eigenvalue weighted by Gasteiger charge is 2.18. The molecule has 2 heterocycles. The van der Waals surface area contributed by atoms with Gasteiger partial charge < -0.3 is 14.8 Å². The fourth-order valence-electron chi connectivity index (χ4n) is 2.47. The van der Waals surface area contributed by atoms with E-state index in [1.54, 1.807) is 31.3 Å². The standard InChI is InChI=1S/C19H24N2O4/c1-12(2)6-7-15-9-13(3)17(19(24)25-15)18(23)21-11-16(22)14-5-4-8-20-10-14/h4-5,8-10,12,16,22H,6-7,11H2,1-3H3,(H,21,23). The molecule has 2 aromatic rings. The Bertz CT molecular complexity index is 769. The van der Waals surface area contributed by atoms with Gasteiger partial charge >= 0.3 is 5.63 Å². The number of hydrogen-bond donors (Lipinski definition) is 2. The molecule has 0 aliphatic heterocycles. The number of aliphatic hydroxyl groups excluding tert-OH is 1. The summed E-state index contributed by atoms with van der Waals surface area (Å²) >= 11 is 0. The minimum atomic E-state index is -0.893. The number of hydrogen-bond acceptors (Lipinski definition) is 5. The number of nitrogens with one attached hydrogen (secondary N) is 1. The van der Waals surface area contributed by atoms with Gasteiger partial charge in [0.15, 0.2) is 0 Å². The van der Waals surface area contributed by atoms with Gasteiger partial charge in [-0.2, -0.15) is 0 Å². The number of rotatable bonds is 7. The molecular weight excluding hydrogens is 320 g/mol. The summed E-state index contributed by atoms with van der Waals surface area (Å²) in [5.41, 5.74) is 0.498. The van der Waals surface area contributed by atoms with Crippen molar-refractivity contribution in [2.75, 3.05) is 6.54 Å². The molecule has 1 atom stereocenters. The van der Waals surface area contributed by atoms with E-state index in [2.05, 4.69) is 24.1 Å². The van der Waals surface area contributed by atoms with Crippen LogP contribution < -0.4 is 10.9 Å². The molecular formula is C19H24N2O4. The molecule has 0 spiro atoms. The average molecular weight is 344 g/mol. The Hall–Kier alpha value is -2.47. The lowest BCUT2D eigenvalue weighted by Crippen LogP contribution is -2.32. The van der Waals surface area contributed by atoms with E-state index in [1.807, 2.05) is 0 Å². The molecule has 0 fully saturated rings. The van der Waals surface area contributed by atoms with Gasteiger partial charge in [0.1, 0.15) is 11.3 Å². The summed E-state index contributed by atoms with van der Waals surface area (Å²) < 4.78 is 5.26. The summed E-state index contributed by atoms with van der Waals surface area (Å²) in [7, 11) is 0. The summed E-state index contributed by atoms with van der Waals surface area (Å²) in [5.74, 6) is 0.537. The third-order valence-electron chi connectivity index (χ3n) is 3.92. The van der Waals surface area contributed by atoms with Gasteiger partial charge in [0.2, 0.25) is 0 Å². The van der Waals surface area contributed by atoms with E-state index >= 15 is 0 Å². The minimum absolute atomic E-state index is 0.0154. The van der Waals surface area contributed by atoms with Crippen LogP contribution in [0, 0.1) is 12.8 Å². The molecule has 1 unspecified atom stereocenters. The van der Waals surface area contributed by atoms with Crippen molar-refractivity contribution in [3.63, 3.8) is 0 Å². The molecule has 2 rings (SSSR count). The van der Waals surface area contributed by atoms with Crippen LogP contribution in [0.2, 0.25) is 0 Å². The van der Waals surface area contributed by atoms with Crippen LogP contribution in [0.5, 0.6) is 0 Å². The molecule has 25 heavy (non-hydrogen) atoms. The maximum absolute atomic E-state index is 12.3. The van der Waals surface area contributed by atoms with Gasteiger partial charge in [0.05, 0.1) is 6.10 Å². The molecule has 0 bridgehead atoms. The Morgan fingerprint density at radius 3 is 2.76 bits per heavy atom. The van der Waals surface area contributed by atoms with Crippen molar-refractivity contribution in [2.45, 2.75) is 39.7 Å². The maximum atomic E-state index is 12.3. The quantitative estimate of drug-likeness (QED) is 0.804. The second kappa shape index (κ2) is 8.58. The predicted octanol–water partition coefficient (Wildman–Crippen LogP) is 2.40. The van der Waals surface area contributed by atoms with Crippen LogP contribution in [0.4, 0.5) is 0 Å². The van der Waals surface area contributed by atoms with E-state index < -0.39 is 17.6 Å². The predicted molar refractivity (Wildman–Crippen MR) is 94.4 cm³/mol. The molecule has 0 aliphatic carbocycles. The summed E-state index contributed by atoms with van der Waals surface area (Å²) in [6, 6.07) is 5.15. The Balaban J connectivity index is 2.05. The molecule has 134 valence electrons. The van der Waals surface area contributed by atoms with Crippen LogP contribution in [0.3, 0.4) is 0 Å². The second-order valence-corrected chi connectivity index (χ2v) is 6.50. The lowest BCUT2D eigenvalue weighted by atomic mass is 10.0. The first kappa shape index (κ1) is 18.9. The first-order valence-corrected chi connectivity index (χ1v) is 8.38. The summed E-state index contributed by atoms with van der Waals surface area (Å²) in [6.07, 6.45) is 3.81. The van der Waals surface area contributed by atoms with Crippen molar-refractivity contribution < 1.29 is 14.3 Å². The normalized spacial score (nSPS) is 12.2. The van der Waals surface area contributed by atoms with Crippen LogP contribution in [-0.2, 0) is 6.42 Å². The number of pyridine rings is 1. The molecule has 2 N–H and O–H groups in total. The van der Waals surface area contributed by atoms with Crippen LogP contribution in [0.15, 0.2) is 39.8 Å². The summed E-state index contributed by atoms with van der Waals surface area (Å²) in [5, 5.41) is 12.6. The molecule has 0 aliphatic rings. The molecule has 0 radical (unpaired) electrons. The van der Waals surface area contributed by atoms with E-state index in [1.165, 1.54) is 6.20 Å². The van der Waals surface area contributed by atoms with Crippen molar-refractivity contribution in [1.82, 2.24) is 10.3 Å². The van der Waals surface area contributed by atoms with Crippen molar-refractivity contribution >= 4 is 5.91 Å². The lowest BCUT2D eigenvalue weighted by molar-refractivity contribution is 0.0911. The van der Waals surface area contributed by atoms with E-state index in [0.29, 0.717) is 29.2 Å². The molecule has 0 saturated heterocycles. The molecule has 6 nitrogen and oxygen atoms in total.